The smallest absolute Gasteiger partial charge is 0.307 e. The molecule has 22 heavy (non-hydrogen) atoms. The lowest BCUT2D eigenvalue weighted by Gasteiger charge is -2.11. The number of hydrogen-bond donors (Lipinski definition) is 1. The van der Waals surface area contributed by atoms with E-state index < -0.39 is 5.97 Å². The number of hydrogen-bond acceptors (Lipinski definition) is 3. The van der Waals surface area contributed by atoms with Crippen molar-refractivity contribution in [3.8, 4) is 22.3 Å². The van der Waals surface area contributed by atoms with Crippen LogP contribution in [-0.4, -0.2) is 21.0 Å². The van der Waals surface area contributed by atoms with Gasteiger partial charge in [-0.05, 0) is 34.9 Å². The summed E-state index contributed by atoms with van der Waals surface area (Å²) in [4.78, 5) is 19.3. The number of carboxylic acids is 1. The Morgan fingerprint density at radius 3 is 2.09 bits per heavy atom. The van der Waals surface area contributed by atoms with Crippen molar-refractivity contribution < 1.29 is 9.90 Å². The maximum absolute atomic E-state index is 10.9. The van der Waals surface area contributed by atoms with E-state index in [9.17, 15) is 4.79 Å². The third kappa shape index (κ3) is 3.01. The average molecular weight is 290 g/mol. The summed E-state index contributed by atoms with van der Waals surface area (Å²) in [5, 5.41) is 8.99. The molecule has 3 aromatic rings. The molecule has 0 aliphatic rings. The van der Waals surface area contributed by atoms with Crippen LogP contribution in [0.5, 0.6) is 0 Å². The van der Waals surface area contributed by atoms with Gasteiger partial charge in [0.1, 0.15) is 0 Å². The molecule has 4 heteroatoms. The zero-order valence-electron chi connectivity index (χ0n) is 11.8. The van der Waals surface area contributed by atoms with Gasteiger partial charge in [-0.1, -0.05) is 24.3 Å². The van der Waals surface area contributed by atoms with E-state index in [-0.39, 0.29) is 6.42 Å². The predicted octanol–water partition coefficient (Wildman–Crippen LogP) is 3.44. The summed E-state index contributed by atoms with van der Waals surface area (Å²) in [6.45, 7) is 0. The molecule has 1 N–H and O–H groups in total. The van der Waals surface area contributed by atoms with E-state index in [1.165, 1.54) is 0 Å². The Balaban J connectivity index is 2.15. The van der Waals surface area contributed by atoms with Crippen LogP contribution in [0.15, 0.2) is 67.3 Å². The van der Waals surface area contributed by atoms with Gasteiger partial charge in [-0.15, -0.1) is 0 Å². The largest absolute Gasteiger partial charge is 0.481 e. The summed E-state index contributed by atoms with van der Waals surface area (Å²) in [5.41, 5.74) is 4.67. The van der Waals surface area contributed by atoms with Gasteiger partial charge in [0.2, 0.25) is 0 Å². The van der Waals surface area contributed by atoms with Crippen LogP contribution in [0, 0.1) is 0 Å². The minimum Gasteiger partial charge on any atom is -0.481 e. The highest BCUT2D eigenvalue weighted by molar-refractivity contribution is 5.84. The van der Waals surface area contributed by atoms with Gasteiger partial charge in [-0.3, -0.25) is 14.8 Å². The van der Waals surface area contributed by atoms with E-state index >= 15 is 0 Å². The molecule has 108 valence electrons. The third-order valence-electron chi connectivity index (χ3n) is 3.38. The molecule has 1 aromatic carbocycles. The van der Waals surface area contributed by atoms with Crippen LogP contribution < -0.4 is 0 Å². The van der Waals surface area contributed by atoms with Crippen LogP contribution in [0.3, 0.4) is 0 Å². The first-order valence-corrected chi connectivity index (χ1v) is 6.89. The summed E-state index contributed by atoms with van der Waals surface area (Å²) in [6, 6.07) is 13.4. The van der Waals surface area contributed by atoms with E-state index in [0.29, 0.717) is 0 Å². The zero-order chi connectivity index (χ0) is 15.4. The molecule has 0 amide bonds. The number of nitrogens with zero attached hydrogens (tertiary/aromatic N) is 2. The lowest BCUT2D eigenvalue weighted by Crippen LogP contribution is -2.00. The van der Waals surface area contributed by atoms with Gasteiger partial charge in [0, 0.05) is 35.9 Å². The Kier molecular flexibility index (Phi) is 3.92. The van der Waals surface area contributed by atoms with E-state index in [1.807, 2.05) is 42.5 Å². The molecule has 0 radical (unpaired) electrons. The predicted molar refractivity (Wildman–Crippen MR) is 84.2 cm³/mol. The fourth-order valence-corrected chi connectivity index (χ4v) is 2.41. The molecule has 0 fully saturated rings. The molecule has 0 saturated carbocycles. The van der Waals surface area contributed by atoms with Gasteiger partial charge in [0.25, 0.3) is 0 Å². The lowest BCUT2D eigenvalue weighted by molar-refractivity contribution is -0.136. The molecule has 0 aliphatic carbocycles. The standard InChI is InChI=1S/C18H14N2O2/c21-18(22)10-13-5-6-16(14-3-1-7-19-11-14)17(9-13)15-4-2-8-20-12-15/h1-9,11-12H,10H2,(H,21,22). The van der Waals surface area contributed by atoms with Gasteiger partial charge in [0.15, 0.2) is 0 Å². The fourth-order valence-electron chi connectivity index (χ4n) is 2.41. The highest BCUT2D eigenvalue weighted by Crippen LogP contribution is 2.32. The number of rotatable bonds is 4. The Hall–Kier alpha value is -3.01. The number of carbonyl (C=O) groups is 1. The molecule has 0 spiro atoms. The number of carboxylic acid groups (broad SMARTS) is 1. The topological polar surface area (TPSA) is 63.1 Å². The van der Waals surface area contributed by atoms with Gasteiger partial charge in [-0.25, -0.2) is 0 Å². The van der Waals surface area contributed by atoms with Crippen LogP contribution in [-0.2, 0) is 11.2 Å². The van der Waals surface area contributed by atoms with Crippen molar-refractivity contribution >= 4 is 5.97 Å². The summed E-state index contributed by atoms with van der Waals surface area (Å²) in [5.74, 6) is -0.841. The number of aromatic nitrogens is 2. The molecule has 0 unspecified atom stereocenters. The molecule has 4 nitrogen and oxygen atoms in total. The highest BCUT2D eigenvalue weighted by atomic mass is 16.4. The third-order valence-corrected chi connectivity index (χ3v) is 3.38. The van der Waals surface area contributed by atoms with E-state index in [1.54, 1.807) is 24.8 Å². The summed E-state index contributed by atoms with van der Waals surface area (Å²) in [6.07, 6.45) is 7.02. The highest BCUT2D eigenvalue weighted by Gasteiger charge is 2.10. The Labute approximate surface area is 128 Å². The molecule has 2 heterocycles. The van der Waals surface area contributed by atoms with Gasteiger partial charge in [-0.2, -0.15) is 0 Å². The van der Waals surface area contributed by atoms with Crippen molar-refractivity contribution in [1.29, 1.82) is 0 Å². The quantitative estimate of drug-likeness (QED) is 0.799. The maximum Gasteiger partial charge on any atom is 0.307 e. The Bertz CT molecular complexity index is 787. The number of aliphatic carboxylic acids is 1. The normalized spacial score (nSPS) is 10.4. The van der Waals surface area contributed by atoms with Crippen LogP contribution >= 0.6 is 0 Å². The molecule has 0 saturated heterocycles. The van der Waals surface area contributed by atoms with Crippen molar-refractivity contribution in [1.82, 2.24) is 9.97 Å². The molecule has 0 atom stereocenters. The first-order valence-electron chi connectivity index (χ1n) is 6.89. The summed E-state index contributed by atoms with van der Waals surface area (Å²) >= 11 is 0. The molecule has 0 aliphatic heterocycles. The van der Waals surface area contributed by atoms with Gasteiger partial charge in [0.05, 0.1) is 6.42 Å². The fraction of sp³-hybridized carbons (Fsp3) is 0.0556. The summed E-state index contributed by atoms with van der Waals surface area (Å²) in [7, 11) is 0. The molecule has 0 bridgehead atoms. The van der Waals surface area contributed by atoms with Gasteiger partial charge < -0.3 is 5.11 Å². The Morgan fingerprint density at radius 1 is 0.909 bits per heavy atom. The second-order valence-electron chi connectivity index (χ2n) is 4.93. The van der Waals surface area contributed by atoms with Crippen molar-refractivity contribution in [2.75, 3.05) is 0 Å². The first-order chi connectivity index (χ1) is 10.7. The monoisotopic (exact) mass is 290 g/mol. The van der Waals surface area contributed by atoms with Crippen molar-refractivity contribution in [2.24, 2.45) is 0 Å². The molecular formula is C18H14N2O2. The molecule has 3 rings (SSSR count). The molecular weight excluding hydrogens is 276 g/mol. The average Bonchev–Trinajstić information content (AvgIpc) is 2.56. The van der Waals surface area contributed by atoms with Crippen LogP contribution in [0.2, 0.25) is 0 Å². The first kappa shape index (κ1) is 13.9. The maximum atomic E-state index is 10.9. The minimum absolute atomic E-state index is 0.000577. The number of benzene rings is 1. The van der Waals surface area contributed by atoms with Crippen molar-refractivity contribution in [3.63, 3.8) is 0 Å². The summed E-state index contributed by atoms with van der Waals surface area (Å²) < 4.78 is 0. The lowest BCUT2D eigenvalue weighted by atomic mass is 9.93. The number of pyridine rings is 2. The SMILES string of the molecule is O=C(O)Cc1ccc(-c2cccnc2)c(-c2cccnc2)c1. The second kappa shape index (κ2) is 6.18. The van der Waals surface area contributed by atoms with E-state index in [0.717, 1.165) is 27.8 Å². The Morgan fingerprint density at radius 2 is 1.55 bits per heavy atom. The minimum atomic E-state index is -0.841. The van der Waals surface area contributed by atoms with E-state index in [4.69, 9.17) is 5.11 Å². The van der Waals surface area contributed by atoms with Crippen LogP contribution in [0.25, 0.3) is 22.3 Å². The van der Waals surface area contributed by atoms with Crippen molar-refractivity contribution in [2.45, 2.75) is 6.42 Å². The second-order valence-corrected chi connectivity index (χ2v) is 4.93. The van der Waals surface area contributed by atoms with Crippen molar-refractivity contribution in [3.05, 3.63) is 72.8 Å². The molecule has 2 aromatic heterocycles. The van der Waals surface area contributed by atoms with Gasteiger partial charge >= 0.3 is 5.97 Å². The zero-order valence-corrected chi connectivity index (χ0v) is 11.8. The van der Waals surface area contributed by atoms with E-state index in [2.05, 4.69) is 9.97 Å². The van der Waals surface area contributed by atoms with Crippen LogP contribution in [0.1, 0.15) is 5.56 Å². The van der Waals surface area contributed by atoms with Crippen LogP contribution in [0.4, 0.5) is 0 Å².